The number of amides is 1. The first-order valence-corrected chi connectivity index (χ1v) is 13.1. The molecule has 0 saturated carbocycles. The van der Waals surface area contributed by atoms with Crippen molar-refractivity contribution in [3.8, 4) is 11.5 Å². The minimum Gasteiger partial charge on any atom is -0.445 e. The number of piperidine rings is 1. The smallest absolute Gasteiger partial charge is 0.407 e. The zero-order valence-corrected chi connectivity index (χ0v) is 22.5. The monoisotopic (exact) mass is 574 g/mol. The van der Waals surface area contributed by atoms with Crippen LogP contribution in [0.15, 0.2) is 59.1 Å². The lowest BCUT2D eigenvalue weighted by molar-refractivity contribution is -0.139. The summed E-state index contributed by atoms with van der Waals surface area (Å²) in [5, 5.41) is 10.1. The third-order valence-corrected chi connectivity index (χ3v) is 7.01. The lowest BCUT2D eigenvalue weighted by Gasteiger charge is -2.40. The van der Waals surface area contributed by atoms with Crippen molar-refractivity contribution in [3.05, 3.63) is 66.1 Å². The van der Waals surface area contributed by atoms with Crippen LogP contribution in [0.5, 0.6) is 0 Å². The summed E-state index contributed by atoms with van der Waals surface area (Å²) >= 11 is 0. The Kier molecular flexibility index (Phi) is 7.89. The van der Waals surface area contributed by atoms with E-state index in [9.17, 15) is 18.0 Å². The minimum atomic E-state index is -4.54. The van der Waals surface area contributed by atoms with Crippen LogP contribution in [-0.2, 0) is 24.4 Å². The molecule has 0 spiro atoms. The van der Waals surface area contributed by atoms with Crippen molar-refractivity contribution >= 4 is 22.7 Å². The van der Waals surface area contributed by atoms with Crippen LogP contribution >= 0.6 is 0 Å². The number of alkyl halides is 4. The third-order valence-electron chi connectivity index (χ3n) is 7.01. The second-order valence-corrected chi connectivity index (χ2v) is 10.4. The molecule has 2 atom stereocenters. The van der Waals surface area contributed by atoms with Gasteiger partial charge in [-0.3, -0.25) is 0 Å². The predicted molar refractivity (Wildman–Crippen MR) is 144 cm³/mol. The summed E-state index contributed by atoms with van der Waals surface area (Å²) < 4.78 is 67.7. The number of rotatable bonds is 8. The fourth-order valence-electron chi connectivity index (χ4n) is 5.08. The van der Waals surface area contributed by atoms with E-state index in [0.717, 1.165) is 10.1 Å². The maximum Gasteiger partial charge on any atom is 0.407 e. The van der Waals surface area contributed by atoms with Gasteiger partial charge in [-0.05, 0) is 44.2 Å². The van der Waals surface area contributed by atoms with Crippen LogP contribution in [0.1, 0.15) is 24.8 Å². The first-order chi connectivity index (χ1) is 19.5. The van der Waals surface area contributed by atoms with E-state index in [1.165, 1.54) is 13.0 Å². The van der Waals surface area contributed by atoms with Crippen LogP contribution in [0.25, 0.3) is 22.4 Å². The number of carbonyl (C=O) groups excluding carboxylic acids is 1. The summed E-state index contributed by atoms with van der Waals surface area (Å²) in [5.41, 5.74) is 0.129. The van der Waals surface area contributed by atoms with Crippen LogP contribution < -0.4 is 10.6 Å². The Hall–Kier alpha value is -4.13. The van der Waals surface area contributed by atoms with Crippen molar-refractivity contribution in [3.63, 3.8) is 0 Å². The number of likely N-dealkylation sites (tertiary alicyclic amines) is 1. The van der Waals surface area contributed by atoms with Crippen molar-refractivity contribution in [1.82, 2.24) is 24.9 Å². The third kappa shape index (κ3) is 6.79. The summed E-state index contributed by atoms with van der Waals surface area (Å²) in [6.45, 7) is 1.03. The molecule has 2 N–H and O–H groups in total. The van der Waals surface area contributed by atoms with Gasteiger partial charge in [0.1, 0.15) is 25.4 Å². The van der Waals surface area contributed by atoms with Gasteiger partial charge in [-0.1, -0.05) is 41.6 Å². The van der Waals surface area contributed by atoms with Crippen molar-refractivity contribution < 1.29 is 31.6 Å². The van der Waals surface area contributed by atoms with E-state index >= 15 is 4.39 Å². The molecule has 1 amide bonds. The Morgan fingerprint density at radius 3 is 2.71 bits per heavy atom. The number of ether oxygens (including phenoxy) is 1. The predicted octanol–water partition coefficient (Wildman–Crippen LogP) is 5.52. The summed E-state index contributed by atoms with van der Waals surface area (Å²) in [7, 11) is 1.85. The van der Waals surface area contributed by atoms with E-state index < -0.39 is 30.5 Å². The van der Waals surface area contributed by atoms with E-state index in [0.29, 0.717) is 24.0 Å². The Morgan fingerprint density at radius 1 is 1.20 bits per heavy atom. The average Bonchev–Trinajstić information content (AvgIpc) is 3.52. The summed E-state index contributed by atoms with van der Waals surface area (Å²) in [6.07, 6.45) is -4.72. The van der Waals surface area contributed by atoms with Crippen molar-refractivity contribution in [2.24, 2.45) is 0 Å². The summed E-state index contributed by atoms with van der Waals surface area (Å²) in [5.74, 6) is -0.0983. The van der Waals surface area contributed by atoms with Crippen LogP contribution in [-0.4, -0.2) is 63.7 Å². The maximum atomic E-state index is 15.4. The molecule has 0 radical (unpaired) electrons. The van der Waals surface area contributed by atoms with Crippen molar-refractivity contribution in [2.45, 2.75) is 50.9 Å². The highest BCUT2D eigenvalue weighted by Crippen LogP contribution is 2.36. The molecule has 1 aliphatic rings. The summed E-state index contributed by atoms with van der Waals surface area (Å²) in [6, 6.07) is 15.0. The van der Waals surface area contributed by atoms with Gasteiger partial charge in [-0.2, -0.15) is 18.2 Å². The second-order valence-electron chi connectivity index (χ2n) is 10.4. The molecular formula is C28H30F4N6O3. The fraction of sp³-hybridized carbons (Fsp3) is 0.393. The first kappa shape index (κ1) is 28.4. The number of anilines is 1. The topological polar surface area (TPSA) is 97.5 Å². The first-order valence-electron chi connectivity index (χ1n) is 13.1. The van der Waals surface area contributed by atoms with E-state index in [1.54, 1.807) is 18.2 Å². The van der Waals surface area contributed by atoms with Crippen LogP contribution in [0.4, 0.5) is 28.0 Å². The lowest BCUT2D eigenvalue weighted by atomic mass is 9.90. The number of nitrogens with zero attached hydrogens (tertiary/aromatic N) is 4. The highest BCUT2D eigenvalue weighted by atomic mass is 19.4. The van der Waals surface area contributed by atoms with Crippen molar-refractivity contribution in [2.75, 3.05) is 25.5 Å². The number of nitrogens with one attached hydrogen (secondary N) is 2. The van der Waals surface area contributed by atoms with E-state index in [-0.39, 0.29) is 42.6 Å². The second kappa shape index (κ2) is 11.4. The normalized spacial score (nSPS) is 19.8. The zero-order chi connectivity index (χ0) is 29.2. The van der Waals surface area contributed by atoms with Gasteiger partial charge in [-0.15, -0.1) is 0 Å². The molecule has 1 fully saturated rings. The number of halogens is 4. The SMILES string of the molecule is CN1CC[C@@H](Nc2cccc3c2cc(-c2noc(CNC(=O)OCc4ccccc4)n2)n3CC(F)(F)F)[C@@](C)(F)C1. The quantitative estimate of drug-likeness (QED) is 0.267. The van der Waals surface area contributed by atoms with Crippen LogP contribution in [0, 0.1) is 0 Å². The van der Waals surface area contributed by atoms with Gasteiger partial charge in [-0.25, -0.2) is 9.18 Å². The number of alkyl carbamates (subject to hydrolysis) is 1. The van der Waals surface area contributed by atoms with E-state index in [2.05, 4.69) is 20.8 Å². The van der Waals surface area contributed by atoms with E-state index in [1.807, 2.05) is 42.3 Å². The molecule has 4 aromatic rings. The maximum absolute atomic E-state index is 15.4. The fourth-order valence-corrected chi connectivity index (χ4v) is 5.08. The lowest BCUT2D eigenvalue weighted by Crippen LogP contribution is -2.54. The molecule has 9 nitrogen and oxygen atoms in total. The Bertz CT molecular complexity index is 1500. The number of hydrogen-bond acceptors (Lipinski definition) is 7. The molecule has 0 bridgehead atoms. The van der Waals surface area contributed by atoms with Gasteiger partial charge in [0.25, 0.3) is 0 Å². The highest BCUT2D eigenvalue weighted by Gasteiger charge is 2.39. The largest absolute Gasteiger partial charge is 0.445 e. The molecule has 1 saturated heterocycles. The van der Waals surface area contributed by atoms with Crippen molar-refractivity contribution in [1.29, 1.82) is 0 Å². The van der Waals surface area contributed by atoms with Crippen LogP contribution in [0.2, 0.25) is 0 Å². The molecular weight excluding hydrogens is 544 g/mol. The molecule has 5 rings (SSSR count). The number of fused-ring (bicyclic) bond motifs is 1. The Balaban J connectivity index is 1.37. The highest BCUT2D eigenvalue weighted by molar-refractivity contribution is 5.96. The molecule has 3 heterocycles. The number of aromatic nitrogens is 3. The van der Waals surface area contributed by atoms with Gasteiger partial charge >= 0.3 is 12.3 Å². The van der Waals surface area contributed by atoms with Gasteiger partial charge in [0.15, 0.2) is 0 Å². The Labute approximate surface area is 233 Å². The number of carbonyl (C=O) groups is 1. The molecule has 2 aromatic carbocycles. The number of benzene rings is 2. The standard InChI is InChI=1S/C28H30F4N6O3/c1-27(29)16-37(2)12-11-23(27)34-20-9-6-10-21-19(20)13-22(38(21)17-28(30,31)32)25-35-24(41-36-25)14-33-26(39)40-15-18-7-4-3-5-8-18/h3-10,13,23,34H,11-12,14-17H2,1-2H3,(H,33,39)/t23-,27+/m1/s1. The minimum absolute atomic E-state index is 0.0154. The van der Waals surface area contributed by atoms with Crippen LogP contribution in [0.3, 0.4) is 0 Å². The Morgan fingerprint density at radius 2 is 1.98 bits per heavy atom. The molecule has 2 aromatic heterocycles. The van der Waals surface area contributed by atoms with Gasteiger partial charge in [0.05, 0.1) is 17.3 Å². The zero-order valence-electron chi connectivity index (χ0n) is 22.5. The van der Waals surface area contributed by atoms with Gasteiger partial charge in [0.2, 0.25) is 11.7 Å². The molecule has 0 aliphatic carbocycles. The molecule has 0 unspecified atom stereocenters. The molecule has 41 heavy (non-hydrogen) atoms. The number of hydrogen-bond donors (Lipinski definition) is 2. The average molecular weight is 575 g/mol. The molecule has 1 aliphatic heterocycles. The van der Waals surface area contributed by atoms with E-state index in [4.69, 9.17) is 9.26 Å². The summed E-state index contributed by atoms with van der Waals surface area (Å²) in [4.78, 5) is 18.2. The molecule has 218 valence electrons. The molecule has 13 heteroatoms. The van der Waals surface area contributed by atoms with Gasteiger partial charge in [0, 0.05) is 24.2 Å². The van der Waals surface area contributed by atoms with Gasteiger partial charge < -0.3 is 29.4 Å².